The minimum absolute atomic E-state index is 0.00292. The summed E-state index contributed by atoms with van der Waals surface area (Å²) in [7, 11) is -1.69. The number of ether oxygens (including phenoxy) is 2. The Morgan fingerprint density at radius 2 is 1.55 bits per heavy atom. The van der Waals surface area contributed by atoms with Crippen LogP contribution in [0.5, 0.6) is 11.5 Å². The van der Waals surface area contributed by atoms with Gasteiger partial charge in [0, 0.05) is 25.9 Å². The average molecular weight is 627 g/mol. The molecule has 2 aromatic carbocycles. The van der Waals surface area contributed by atoms with Crippen LogP contribution in [0.4, 0.5) is 5.69 Å². The Morgan fingerprint density at radius 1 is 0.909 bits per heavy atom. The summed E-state index contributed by atoms with van der Waals surface area (Å²) in [6.45, 7) is 3.39. The molecule has 3 aliphatic rings. The van der Waals surface area contributed by atoms with Crippen LogP contribution < -0.4 is 14.8 Å². The van der Waals surface area contributed by atoms with Gasteiger partial charge in [0.05, 0.1) is 12.9 Å². The minimum Gasteiger partial charge on any atom is -0.457 e. The van der Waals surface area contributed by atoms with Gasteiger partial charge in [-0.05, 0) is 86.1 Å². The molecule has 1 unspecified atom stereocenters. The van der Waals surface area contributed by atoms with E-state index in [0.717, 1.165) is 58.0 Å². The van der Waals surface area contributed by atoms with E-state index in [9.17, 15) is 18.0 Å². The Labute approximate surface area is 261 Å². The summed E-state index contributed by atoms with van der Waals surface area (Å²) in [5.74, 6) is 2.00. The minimum atomic E-state index is -3.33. The van der Waals surface area contributed by atoms with Crippen molar-refractivity contribution in [2.24, 2.45) is 11.8 Å². The molecule has 10 nitrogen and oxygen atoms in total. The van der Waals surface area contributed by atoms with Crippen molar-refractivity contribution in [3.05, 3.63) is 54.1 Å². The number of hydrogen-bond acceptors (Lipinski definition) is 7. The standard InChI is InChI=1S/C33H46N4O6S/c1-42-21-20-37-31(32(38)34-30(33(37)39)22-24-6-4-3-5-7-24)26-16-18-36(19-17-26)23-25-8-12-28(13-9-25)43-29-14-10-27(11-15-29)35-44(2,40)41/h8-15,24,26,30-31,35H,3-7,16-23H2,1-2H3,(H,34,38)/t30-,31?/m0/s1. The number of likely N-dealkylation sites (tertiary alicyclic amines) is 1. The maximum absolute atomic E-state index is 13.6. The molecule has 2 saturated heterocycles. The number of rotatable bonds is 12. The molecule has 0 spiro atoms. The van der Waals surface area contributed by atoms with E-state index in [-0.39, 0.29) is 17.7 Å². The van der Waals surface area contributed by atoms with Crippen LogP contribution in [0.25, 0.3) is 0 Å². The van der Waals surface area contributed by atoms with Crippen molar-refractivity contribution in [1.29, 1.82) is 0 Å². The van der Waals surface area contributed by atoms with Crippen LogP contribution in [0.1, 0.15) is 56.9 Å². The molecule has 1 saturated carbocycles. The summed E-state index contributed by atoms with van der Waals surface area (Å²) in [5, 5.41) is 3.13. The molecule has 2 atom stereocenters. The summed E-state index contributed by atoms with van der Waals surface area (Å²) in [6.07, 6.45) is 9.57. The van der Waals surface area contributed by atoms with E-state index in [1.807, 2.05) is 29.2 Å². The summed E-state index contributed by atoms with van der Waals surface area (Å²) in [4.78, 5) is 31.3. The fourth-order valence-electron chi connectivity index (χ4n) is 6.91. The number of piperazine rings is 1. The van der Waals surface area contributed by atoms with Crippen LogP contribution >= 0.6 is 0 Å². The number of benzene rings is 2. The summed E-state index contributed by atoms with van der Waals surface area (Å²) in [5.41, 5.74) is 1.65. The van der Waals surface area contributed by atoms with Crippen LogP contribution in [-0.2, 0) is 30.9 Å². The van der Waals surface area contributed by atoms with Gasteiger partial charge in [0.15, 0.2) is 0 Å². The highest BCUT2D eigenvalue weighted by atomic mass is 32.2. The smallest absolute Gasteiger partial charge is 0.245 e. The van der Waals surface area contributed by atoms with Gasteiger partial charge >= 0.3 is 0 Å². The number of anilines is 1. The SMILES string of the molecule is COCCN1C(=O)[C@H](CC2CCCCC2)NC(=O)C1C1CCN(Cc2ccc(Oc3ccc(NS(C)(=O)=O)cc3)cc2)CC1. The van der Waals surface area contributed by atoms with E-state index in [0.29, 0.717) is 36.3 Å². The van der Waals surface area contributed by atoms with Crippen molar-refractivity contribution >= 4 is 27.5 Å². The first-order chi connectivity index (χ1) is 21.2. The van der Waals surface area contributed by atoms with E-state index in [2.05, 4.69) is 14.9 Å². The van der Waals surface area contributed by atoms with Crippen molar-refractivity contribution in [2.45, 2.75) is 70.0 Å². The molecule has 240 valence electrons. The molecular formula is C33H46N4O6S. The molecule has 5 rings (SSSR count). The van der Waals surface area contributed by atoms with Gasteiger partial charge < -0.3 is 19.7 Å². The van der Waals surface area contributed by atoms with Gasteiger partial charge in [0.25, 0.3) is 0 Å². The van der Waals surface area contributed by atoms with Crippen molar-refractivity contribution in [3.8, 4) is 11.5 Å². The summed E-state index contributed by atoms with van der Waals surface area (Å²) < 4.78 is 36.5. The molecule has 0 bridgehead atoms. The van der Waals surface area contributed by atoms with Crippen molar-refractivity contribution in [3.63, 3.8) is 0 Å². The molecule has 2 heterocycles. The Morgan fingerprint density at radius 3 is 2.16 bits per heavy atom. The highest BCUT2D eigenvalue weighted by Crippen LogP contribution is 2.32. The fraction of sp³-hybridized carbons (Fsp3) is 0.576. The molecule has 44 heavy (non-hydrogen) atoms. The van der Waals surface area contributed by atoms with E-state index in [1.54, 1.807) is 31.4 Å². The lowest BCUT2D eigenvalue weighted by Crippen LogP contribution is -2.66. The molecule has 0 radical (unpaired) electrons. The van der Waals surface area contributed by atoms with E-state index in [1.165, 1.54) is 24.8 Å². The Kier molecular flexibility index (Phi) is 10.8. The predicted molar refractivity (Wildman–Crippen MR) is 170 cm³/mol. The van der Waals surface area contributed by atoms with Crippen molar-refractivity contribution < 1.29 is 27.5 Å². The van der Waals surface area contributed by atoms with Gasteiger partial charge in [-0.25, -0.2) is 8.42 Å². The predicted octanol–water partition coefficient (Wildman–Crippen LogP) is 4.37. The monoisotopic (exact) mass is 626 g/mol. The van der Waals surface area contributed by atoms with Gasteiger partial charge in [-0.2, -0.15) is 0 Å². The first-order valence-corrected chi connectivity index (χ1v) is 17.7. The number of carbonyl (C=O) groups is 2. The Hall–Kier alpha value is -3.15. The van der Waals surface area contributed by atoms with Gasteiger partial charge in [-0.3, -0.25) is 19.2 Å². The van der Waals surface area contributed by atoms with E-state index < -0.39 is 22.1 Å². The number of piperidine rings is 1. The number of sulfonamides is 1. The molecule has 3 fully saturated rings. The van der Waals surface area contributed by atoms with Crippen LogP contribution in [0.3, 0.4) is 0 Å². The second-order valence-corrected chi connectivity index (χ2v) is 14.3. The Balaban J connectivity index is 1.13. The first-order valence-electron chi connectivity index (χ1n) is 15.9. The van der Waals surface area contributed by atoms with Gasteiger partial charge in [-0.1, -0.05) is 44.2 Å². The molecule has 2 amide bonds. The number of nitrogens with zero attached hydrogens (tertiary/aromatic N) is 2. The largest absolute Gasteiger partial charge is 0.457 e. The van der Waals surface area contributed by atoms with E-state index in [4.69, 9.17) is 9.47 Å². The lowest BCUT2D eigenvalue weighted by molar-refractivity contribution is -0.153. The summed E-state index contributed by atoms with van der Waals surface area (Å²) >= 11 is 0. The van der Waals surface area contributed by atoms with Gasteiger partial charge in [0.2, 0.25) is 21.8 Å². The Bertz CT molecular complexity index is 1350. The van der Waals surface area contributed by atoms with Crippen molar-refractivity contribution in [1.82, 2.24) is 15.1 Å². The zero-order valence-electron chi connectivity index (χ0n) is 25.9. The third kappa shape index (κ3) is 8.73. The second-order valence-electron chi connectivity index (χ2n) is 12.5. The maximum atomic E-state index is 13.6. The average Bonchev–Trinajstić information content (AvgIpc) is 3.00. The van der Waals surface area contributed by atoms with Crippen LogP contribution in [0, 0.1) is 11.8 Å². The topological polar surface area (TPSA) is 117 Å². The van der Waals surface area contributed by atoms with E-state index >= 15 is 0 Å². The van der Waals surface area contributed by atoms with Gasteiger partial charge in [0.1, 0.15) is 23.6 Å². The third-order valence-electron chi connectivity index (χ3n) is 9.13. The summed E-state index contributed by atoms with van der Waals surface area (Å²) in [6, 6.07) is 13.9. The molecule has 11 heteroatoms. The molecule has 2 N–H and O–H groups in total. The lowest BCUT2D eigenvalue weighted by atomic mass is 9.82. The quantitative estimate of drug-likeness (QED) is 0.359. The fourth-order valence-corrected chi connectivity index (χ4v) is 7.47. The lowest BCUT2D eigenvalue weighted by Gasteiger charge is -2.45. The molecule has 1 aliphatic carbocycles. The van der Waals surface area contributed by atoms with Crippen LogP contribution in [0.2, 0.25) is 0 Å². The molecule has 2 aliphatic heterocycles. The number of methoxy groups -OCH3 is 1. The second kappa shape index (κ2) is 14.8. The zero-order chi connectivity index (χ0) is 31.1. The number of amides is 2. The van der Waals surface area contributed by atoms with Crippen LogP contribution in [0.15, 0.2) is 48.5 Å². The van der Waals surface area contributed by atoms with Gasteiger partial charge in [-0.15, -0.1) is 0 Å². The highest BCUT2D eigenvalue weighted by molar-refractivity contribution is 7.92. The highest BCUT2D eigenvalue weighted by Gasteiger charge is 2.45. The third-order valence-corrected chi connectivity index (χ3v) is 9.74. The number of nitrogens with one attached hydrogen (secondary N) is 2. The molecule has 2 aromatic rings. The van der Waals surface area contributed by atoms with Crippen LogP contribution in [-0.4, -0.2) is 81.7 Å². The zero-order valence-corrected chi connectivity index (χ0v) is 26.7. The maximum Gasteiger partial charge on any atom is 0.245 e. The first kappa shape index (κ1) is 32.2. The molecular weight excluding hydrogens is 580 g/mol. The van der Waals surface area contributed by atoms with Crippen molar-refractivity contribution in [2.75, 3.05) is 44.3 Å². The number of carbonyl (C=O) groups excluding carboxylic acids is 2. The number of hydrogen-bond donors (Lipinski definition) is 2. The molecule has 0 aromatic heterocycles. The normalized spacial score (nSPS) is 22.5.